The average Bonchev–Trinajstić information content (AvgIpc) is 3.02. The summed E-state index contributed by atoms with van der Waals surface area (Å²) in [7, 11) is 0. The van der Waals surface area contributed by atoms with Crippen molar-refractivity contribution in [3.63, 3.8) is 0 Å². The highest BCUT2D eigenvalue weighted by molar-refractivity contribution is 7.10. The third-order valence-corrected chi connectivity index (χ3v) is 3.32. The Bertz CT molecular complexity index is 657. The Morgan fingerprint density at radius 2 is 2.30 bits per heavy atom. The second-order valence-electron chi connectivity index (χ2n) is 4.03. The Hall–Kier alpha value is -2.41. The van der Waals surface area contributed by atoms with E-state index in [4.69, 9.17) is 9.63 Å². The summed E-state index contributed by atoms with van der Waals surface area (Å²) in [6.45, 7) is 2.09. The number of aromatic nitrogens is 1. The molecule has 2 aromatic rings. The van der Waals surface area contributed by atoms with Crippen LogP contribution in [0.5, 0.6) is 0 Å². The second kappa shape index (κ2) is 6.16. The van der Waals surface area contributed by atoms with Crippen molar-refractivity contribution in [3.05, 3.63) is 45.5 Å². The zero-order valence-electron chi connectivity index (χ0n) is 10.6. The topological polar surface area (TPSA) is 92.4 Å². The van der Waals surface area contributed by atoms with Gasteiger partial charge in [0.05, 0.1) is 12.2 Å². The summed E-state index contributed by atoms with van der Waals surface area (Å²) in [4.78, 5) is 23.0. The molecule has 2 N–H and O–H groups in total. The number of aryl methyl sites for hydroxylation is 1. The van der Waals surface area contributed by atoms with Gasteiger partial charge >= 0.3 is 5.97 Å². The predicted molar refractivity (Wildman–Crippen MR) is 73.4 cm³/mol. The monoisotopic (exact) mass is 292 g/mol. The number of nitrogens with one attached hydrogen (secondary N) is 1. The number of thiophene rings is 1. The van der Waals surface area contributed by atoms with Crippen LogP contribution in [0.3, 0.4) is 0 Å². The molecule has 104 valence electrons. The van der Waals surface area contributed by atoms with Gasteiger partial charge in [-0.1, -0.05) is 5.16 Å². The maximum absolute atomic E-state index is 11.7. The molecule has 0 radical (unpaired) electrons. The summed E-state index contributed by atoms with van der Waals surface area (Å²) >= 11 is 1.44. The van der Waals surface area contributed by atoms with Crippen LogP contribution in [0.15, 0.2) is 28.1 Å². The first-order valence-electron chi connectivity index (χ1n) is 5.74. The fourth-order valence-electron chi connectivity index (χ4n) is 1.47. The minimum Gasteiger partial charge on any atom is -0.478 e. The molecule has 0 aromatic carbocycles. The third-order valence-electron chi connectivity index (χ3n) is 2.37. The molecule has 0 spiro atoms. The molecule has 0 fully saturated rings. The second-order valence-corrected chi connectivity index (χ2v) is 5.03. The van der Waals surface area contributed by atoms with E-state index in [0.717, 1.165) is 16.5 Å². The van der Waals surface area contributed by atoms with E-state index in [1.807, 2.05) is 11.4 Å². The minimum absolute atomic E-state index is 0.171. The molecule has 0 saturated carbocycles. The summed E-state index contributed by atoms with van der Waals surface area (Å²) in [5, 5.41) is 16.7. The molecule has 20 heavy (non-hydrogen) atoms. The number of hydrogen-bond acceptors (Lipinski definition) is 5. The molecule has 2 aromatic heterocycles. The maximum atomic E-state index is 11.7. The van der Waals surface area contributed by atoms with Gasteiger partial charge in [0, 0.05) is 17.0 Å². The van der Waals surface area contributed by atoms with Crippen LogP contribution in [-0.2, 0) is 11.3 Å². The fourth-order valence-corrected chi connectivity index (χ4v) is 2.26. The molecular formula is C13H12N2O4S. The van der Waals surface area contributed by atoms with Gasteiger partial charge in [-0.3, -0.25) is 4.79 Å². The lowest BCUT2D eigenvalue weighted by Gasteiger charge is -1.99. The van der Waals surface area contributed by atoms with E-state index in [2.05, 4.69) is 10.5 Å². The smallest absolute Gasteiger partial charge is 0.328 e. The van der Waals surface area contributed by atoms with Crippen LogP contribution in [0.4, 0.5) is 0 Å². The average molecular weight is 292 g/mol. The van der Waals surface area contributed by atoms with E-state index < -0.39 is 5.97 Å². The zero-order chi connectivity index (χ0) is 14.5. The molecule has 0 atom stereocenters. The van der Waals surface area contributed by atoms with E-state index in [0.29, 0.717) is 12.2 Å². The Morgan fingerprint density at radius 1 is 1.50 bits per heavy atom. The normalized spacial score (nSPS) is 10.8. The van der Waals surface area contributed by atoms with E-state index in [1.165, 1.54) is 17.4 Å². The number of amides is 1. The van der Waals surface area contributed by atoms with Gasteiger partial charge in [0.2, 0.25) is 5.76 Å². The molecule has 2 rings (SSSR count). The van der Waals surface area contributed by atoms with Crippen molar-refractivity contribution in [2.45, 2.75) is 13.5 Å². The first-order chi connectivity index (χ1) is 9.54. The van der Waals surface area contributed by atoms with Crippen molar-refractivity contribution in [1.82, 2.24) is 10.5 Å². The number of carboxylic acids is 1. The molecule has 0 aliphatic rings. The minimum atomic E-state index is -0.994. The Labute approximate surface area is 118 Å². The summed E-state index contributed by atoms with van der Waals surface area (Å²) in [6.07, 6.45) is 2.58. The van der Waals surface area contributed by atoms with Crippen LogP contribution >= 0.6 is 11.3 Å². The maximum Gasteiger partial charge on any atom is 0.328 e. The largest absolute Gasteiger partial charge is 0.478 e. The zero-order valence-corrected chi connectivity index (χ0v) is 11.4. The van der Waals surface area contributed by atoms with Crippen molar-refractivity contribution < 1.29 is 19.2 Å². The SMILES string of the molecule is Cc1cc(C(=O)NCc2cc(C=CC(=O)O)cs2)on1. The molecule has 0 aliphatic carbocycles. The quantitative estimate of drug-likeness (QED) is 0.823. The predicted octanol–water partition coefficient (Wildman–Crippen LogP) is 2.07. The number of carbonyl (C=O) groups is 2. The van der Waals surface area contributed by atoms with Gasteiger partial charge in [-0.05, 0) is 30.0 Å². The third kappa shape index (κ3) is 3.79. The lowest BCUT2D eigenvalue weighted by molar-refractivity contribution is -0.131. The van der Waals surface area contributed by atoms with Gasteiger partial charge in [-0.2, -0.15) is 0 Å². The van der Waals surface area contributed by atoms with E-state index >= 15 is 0 Å². The lowest BCUT2D eigenvalue weighted by atomic mass is 10.3. The highest BCUT2D eigenvalue weighted by atomic mass is 32.1. The van der Waals surface area contributed by atoms with Crippen molar-refractivity contribution in [2.75, 3.05) is 0 Å². The Balaban J connectivity index is 1.91. The molecule has 0 bridgehead atoms. The number of carbonyl (C=O) groups excluding carboxylic acids is 1. The Kier molecular flexibility index (Phi) is 4.31. The summed E-state index contributed by atoms with van der Waals surface area (Å²) in [6, 6.07) is 3.38. The van der Waals surface area contributed by atoms with Crippen LogP contribution < -0.4 is 5.32 Å². The van der Waals surface area contributed by atoms with Crippen LogP contribution in [0.2, 0.25) is 0 Å². The standard InChI is InChI=1S/C13H12N2O4S/c1-8-4-11(19-15-8)13(18)14-6-10-5-9(7-20-10)2-3-12(16)17/h2-5,7H,6H2,1H3,(H,14,18)(H,16,17). The highest BCUT2D eigenvalue weighted by Gasteiger charge is 2.11. The summed E-state index contributed by atoms with van der Waals surface area (Å²) in [5.74, 6) is -1.15. The van der Waals surface area contributed by atoms with Crippen LogP contribution in [0.25, 0.3) is 6.08 Å². The number of rotatable bonds is 5. The van der Waals surface area contributed by atoms with Gasteiger partial charge in [-0.15, -0.1) is 11.3 Å². The van der Waals surface area contributed by atoms with Gasteiger partial charge in [0.25, 0.3) is 5.91 Å². The first-order valence-corrected chi connectivity index (χ1v) is 6.62. The molecule has 7 heteroatoms. The Morgan fingerprint density at radius 3 is 2.95 bits per heavy atom. The summed E-state index contributed by atoms with van der Waals surface area (Å²) < 4.78 is 4.85. The lowest BCUT2D eigenvalue weighted by Crippen LogP contribution is -2.21. The molecule has 0 unspecified atom stereocenters. The van der Waals surface area contributed by atoms with Crippen molar-refractivity contribution >= 4 is 29.3 Å². The molecule has 0 aliphatic heterocycles. The van der Waals surface area contributed by atoms with Crippen LogP contribution in [0.1, 0.15) is 26.7 Å². The molecule has 2 heterocycles. The van der Waals surface area contributed by atoms with Crippen LogP contribution in [0, 0.1) is 6.92 Å². The highest BCUT2D eigenvalue weighted by Crippen LogP contribution is 2.16. The number of hydrogen-bond donors (Lipinski definition) is 2. The molecule has 0 saturated heterocycles. The van der Waals surface area contributed by atoms with Crippen molar-refractivity contribution in [2.24, 2.45) is 0 Å². The van der Waals surface area contributed by atoms with Gasteiger partial charge < -0.3 is 14.9 Å². The fraction of sp³-hybridized carbons (Fsp3) is 0.154. The molecule has 1 amide bonds. The van der Waals surface area contributed by atoms with Gasteiger partial charge in [0.15, 0.2) is 0 Å². The van der Waals surface area contributed by atoms with Crippen molar-refractivity contribution in [1.29, 1.82) is 0 Å². The van der Waals surface area contributed by atoms with Crippen LogP contribution in [-0.4, -0.2) is 22.1 Å². The van der Waals surface area contributed by atoms with Crippen molar-refractivity contribution in [3.8, 4) is 0 Å². The van der Waals surface area contributed by atoms with E-state index in [9.17, 15) is 9.59 Å². The van der Waals surface area contributed by atoms with E-state index in [1.54, 1.807) is 13.0 Å². The van der Waals surface area contributed by atoms with Gasteiger partial charge in [-0.25, -0.2) is 4.79 Å². The molecule has 6 nitrogen and oxygen atoms in total. The number of aliphatic carboxylic acids is 1. The van der Waals surface area contributed by atoms with E-state index in [-0.39, 0.29) is 11.7 Å². The number of nitrogens with zero attached hydrogens (tertiary/aromatic N) is 1. The number of carboxylic acid groups (broad SMARTS) is 1. The summed E-state index contributed by atoms with van der Waals surface area (Å²) in [5.41, 5.74) is 1.43. The molecular weight excluding hydrogens is 280 g/mol. The first kappa shape index (κ1) is 14.0. The van der Waals surface area contributed by atoms with Gasteiger partial charge in [0.1, 0.15) is 0 Å².